The van der Waals surface area contributed by atoms with Gasteiger partial charge in [0.1, 0.15) is 0 Å². The van der Waals surface area contributed by atoms with Gasteiger partial charge in [-0.15, -0.1) is 0 Å². The number of anilines is 1. The second kappa shape index (κ2) is 5.83. The lowest BCUT2D eigenvalue weighted by molar-refractivity contribution is -0.137. The van der Waals surface area contributed by atoms with Crippen LogP contribution >= 0.6 is 0 Å². The van der Waals surface area contributed by atoms with Crippen LogP contribution in [0.3, 0.4) is 0 Å². The number of ether oxygens (including phenoxy) is 1. The van der Waals surface area contributed by atoms with Gasteiger partial charge < -0.3 is 15.0 Å². The first-order valence-corrected chi connectivity index (χ1v) is 8.22. The summed E-state index contributed by atoms with van der Waals surface area (Å²) in [5, 5.41) is 3.28. The largest absolute Gasteiger partial charge is 0.376 e. The SMILES string of the molecule is O=C(C1CCC1)N1C[C@@H]2[C@@H](CNc3ncccn3)CO[C@@H]2C1. The normalized spacial score (nSPS) is 30.9. The lowest BCUT2D eigenvalue weighted by atomic mass is 9.84. The molecule has 0 spiro atoms. The minimum atomic E-state index is 0.215. The van der Waals surface area contributed by atoms with Gasteiger partial charge in [-0.2, -0.15) is 0 Å². The molecule has 118 valence electrons. The van der Waals surface area contributed by atoms with Gasteiger partial charge in [0.25, 0.3) is 0 Å². The molecule has 6 heteroatoms. The first-order chi connectivity index (χ1) is 10.8. The molecule has 2 saturated heterocycles. The lowest BCUT2D eigenvalue weighted by Crippen LogP contribution is -2.39. The number of aromatic nitrogens is 2. The molecule has 2 aliphatic heterocycles. The molecule has 0 aromatic carbocycles. The molecular weight excluding hydrogens is 280 g/mol. The van der Waals surface area contributed by atoms with Gasteiger partial charge in [-0.1, -0.05) is 6.42 Å². The third kappa shape index (κ3) is 2.56. The number of nitrogens with zero attached hydrogens (tertiary/aromatic N) is 3. The molecule has 3 atom stereocenters. The Hall–Kier alpha value is -1.69. The number of amides is 1. The molecule has 0 radical (unpaired) electrons. The fourth-order valence-corrected chi connectivity index (χ4v) is 3.72. The van der Waals surface area contributed by atoms with Crippen molar-refractivity contribution in [2.45, 2.75) is 25.4 Å². The number of fused-ring (bicyclic) bond motifs is 1. The monoisotopic (exact) mass is 302 g/mol. The van der Waals surface area contributed by atoms with Gasteiger partial charge in [-0.3, -0.25) is 4.79 Å². The first-order valence-electron chi connectivity index (χ1n) is 8.22. The number of carbonyl (C=O) groups is 1. The van der Waals surface area contributed by atoms with Gasteiger partial charge in [0.2, 0.25) is 11.9 Å². The van der Waals surface area contributed by atoms with Crippen LogP contribution in [-0.4, -0.2) is 53.1 Å². The van der Waals surface area contributed by atoms with E-state index in [0.717, 1.165) is 39.1 Å². The quantitative estimate of drug-likeness (QED) is 0.904. The summed E-state index contributed by atoms with van der Waals surface area (Å²) in [4.78, 5) is 22.8. The molecule has 0 unspecified atom stereocenters. The molecule has 1 N–H and O–H groups in total. The Morgan fingerprint density at radius 1 is 1.32 bits per heavy atom. The van der Waals surface area contributed by atoms with Gasteiger partial charge in [-0.05, 0) is 18.9 Å². The number of hydrogen-bond acceptors (Lipinski definition) is 5. The Balaban J connectivity index is 1.33. The Kier molecular flexibility index (Phi) is 3.70. The zero-order valence-electron chi connectivity index (χ0n) is 12.6. The van der Waals surface area contributed by atoms with Crippen molar-refractivity contribution in [3.63, 3.8) is 0 Å². The van der Waals surface area contributed by atoms with E-state index in [4.69, 9.17) is 4.74 Å². The summed E-state index contributed by atoms with van der Waals surface area (Å²) in [6, 6.07) is 1.81. The summed E-state index contributed by atoms with van der Waals surface area (Å²) in [5.41, 5.74) is 0. The number of rotatable bonds is 4. The maximum atomic E-state index is 12.4. The van der Waals surface area contributed by atoms with E-state index in [2.05, 4.69) is 15.3 Å². The summed E-state index contributed by atoms with van der Waals surface area (Å²) in [6.45, 7) is 3.19. The van der Waals surface area contributed by atoms with Crippen molar-refractivity contribution < 1.29 is 9.53 Å². The predicted molar refractivity (Wildman–Crippen MR) is 81.2 cm³/mol. The summed E-state index contributed by atoms with van der Waals surface area (Å²) >= 11 is 0. The minimum absolute atomic E-state index is 0.215. The molecule has 1 aromatic heterocycles. The van der Waals surface area contributed by atoms with Crippen molar-refractivity contribution in [3.05, 3.63) is 18.5 Å². The van der Waals surface area contributed by atoms with E-state index in [1.165, 1.54) is 6.42 Å². The van der Waals surface area contributed by atoms with Crippen molar-refractivity contribution in [2.24, 2.45) is 17.8 Å². The molecule has 0 bridgehead atoms. The van der Waals surface area contributed by atoms with Gasteiger partial charge in [0, 0.05) is 49.8 Å². The molecule has 1 amide bonds. The van der Waals surface area contributed by atoms with Crippen LogP contribution < -0.4 is 5.32 Å². The maximum absolute atomic E-state index is 12.4. The number of carbonyl (C=O) groups excluding carboxylic acids is 1. The highest BCUT2D eigenvalue weighted by molar-refractivity contribution is 5.80. The number of likely N-dealkylation sites (tertiary alicyclic amines) is 1. The van der Waals surface area contributed by atoms with E-state index < -0.39 is 0 Å². The predicted octanol–water partition coefficient (Wildman–Crippen LogP) is 1.16. The molecule has 6 nitrogen and oxygen atoms in total. The Morgan fingerprint density at radius 2 is 2.14 bits per heavy atom. The highest BCUT2D eigenvalue weighted by Crippen LogP contribution is 2.36. The van der Waals surface area contributed by atoms with Crippen LogP contribution in [0.1, 0.15) is 19.3 Å². The van der Waals surface area contributed by atoms with E-state index in [1.807, 2.05) is 4.90 Å². The average Bonchev–Trinajstić information content (AvgIpc) is 3.05. The number of nitrogens with one attached hydrogen (secondary N) is 1. The second-order valence-electron chi connectivity index (χ2n) is 6.62. The van der Waals surface area contributed by atoms with Gasteiger partial charge in [0.15, 0.2) is 0 Å². The fourth-order valence-electron chi connectivity index (χ4n) is 3.72. The van der Waals surface area contributed by atoms with E-state index in [9.17, 15) is 4.79 Å². The van der Waals surface area contributed by atoms with E-state index >= 15 is 0 Å². The van der Waals surface area contributed by atoms with Crippen molar-refractivity contribution in [1.82, 2.24) is 14.9 Å². The molecule has 3 aliphatic rings. The van der Waals surface area contributed by atoms with Crippen molar-refractivity contribution in [1.29, 1.82) is 0 Å². The van der Waals surface area contributed by atoms with Crippen molar-refractivity contribution in [3.8, 4) is 0 Å². The molecule has 1 aliphatic carbocycles. The van der Waals surface area contributed by atoms with Crippen LogP contribution in [0.4, 0.5) is 5.95 Å². The standard InChI is InChI=1S/C16H22N4O2/c21-15(11-3-1-4-11)20-8-13-12(10-22-14(13)9-20)7-19-16-17-5-2-6-18-16/h2,5-6,11-14H,1,3-4,7-10H2,(H,17,18,19)/t12-,13+,14+/m0/s1. The summed E-state index contributed by atoms with van der Waals surface area (Å²) in [7, 11) is 0. The van der Waals surface area contributed by atoms with E-state index in [1.54, 1.807) is 18.5 Å². The summed E-state index contributed by atoms with van der Waals surface area (Å²) in [6.07, 6.45) is 7.03. The summed E-state index contributed by atoms with van der Waals surface area (Å²) in [5.74, 6) is 2.16. The molecule has 1 saturated carbocycles. The smallest absolute Gasteiger partial charge is 0.225 e. The molecule has 4 rings (SSSR count). The van der Waals surface area contributed by atoms with Gasteiger partial charge in [0.05, 0.1) is 12.7 Å². The summed E-state index contributed by atoms with van der Waals surface area (Å²) < 4.78 is 5.92. The topological polar surface area (TPSA) is 67.4 Å². The van der Waals surface area contributed by atoms with Crippen LogP contribution in [0.2, 0.25) is 0 Å². The van der Waals surface area contributed by atoms with Crippen LogP contribution in [0.5, 0.6) is 0 Å². The Morgan fingerprint density at radius 3 is 2.86 bits per heavy atom. The molecule has 3 fully saturated rings. The maximum Gasteiger partial charge on any atom is 0.225 e. The van der Waals surface area contributed by atoms with Crippen LogP contribution in [0.25, 0.3) is 0 Å². The van der Waals surface area contributed by atoms with Crippen molar-refractivity contribution in [2.75, 3.05) is 31.6 Å². The molecule has 3 heterocycles. The highest BCUT2D eigenvalue weighted by atomic mass is 16.5. The lowest BCUT2D eigenvalue weighted by Gasteiger charge is -2.29. The van der Waals surface area contributed by atoms with Gasteiger partial charge in [-0.25, -0.2) is 9.97 Å². The molecule has 1 aromatic rings. The van der Waals surface area contributed by atoms with E-state index in [-0.39, 0.29) is 12.0 Å². The third-order valence-electron chi connectivity index (χ3n) is 5.29. The fraction of sp³-hybridized carbons (Fsp3) is 0.688. The minimum Gasteiger partial charge on any atom is -0.376 e. The van der Waals surface area contributed by atoms with Crippen molar-refractivity contribution >= 4 is 11.9 Å². The second-order valence-corrected chi connectivity index (χ2v) is 6.62. The first kappa shape index (κ1) is 13.9. The highest BCUT2D eigenvalue weighted by Gasteiger charge is 2.46. The van der Waals surface area contributed by atoms with Crippen LogP contribution in [-0.2, 0) is 9.53 Å². The number of hydrogen-bond donors (Lipinski definition) is 1. The van der Waals surface area contributed by atoms with Crippen LogP contribution in [0, 0.1) is 17.8 Å². The zero-order chi connectivity index (χ0) is 14.9. The average molecular weight is 302 g/mol. The Bertz CT molecular complexity index is 534. The van der Waals surface area contributed by atoms with Gasteiger partial charge >= 0.3 is 0 Å². The van der Waals surface area contributed by atoms with E-state index in [0.29, 0.717) is 23.7 Å². The Labute approximate surface area is 130 Å². The zero-order valence-corrected chi connectivity index (χ0v) is 12.6. The molecular formula is C16H22N4O2. The van der Waals surface area contributed by atoms with Crippen LogP contribution in [0.15, 0.2) is 18.5 Å². The molecule has 22 heavy (non-hydrogen) atoms. The third-order valence-corrected chi connectivity index (χ3v) is 5.29.